The largest absolute Gasteiger partial charge is 0.311 e. The van der Waals surface area contributed by atoms with Gasteiger partial charge in [-0.3, -0.25) is 0 Å². The Balaban J connectivity index is 0.929. The number of fused-ring (bicyclic) bond motifs is 16. The Morgan fingerprint density at radius 1 is 0.340 bits per heavy atom. The van der Waals surface area contributed by atoms with Crippen molar-refractivity contribution in [2.75, 3.05) is 9.80 Å². The van der Waals surface area contributed by atoms with Crippen LogP contribution in [0.3, 0.4) is 0 Å². The summed E-state index contributed by atoms with van der Waals surface area (Å²) in [6.45, 7) is 11.8. The molecule has 0 saturated heterocycles. The number of anilines is 6. The summed E-state index contributed by atoms with van der Waals surface area (Å²) >= 11 is 3.85. The standard InChI is InChI=1S/C90H71BN4S2/c1-6-8-24-60-50-71-66-32-18-22-36-84(66)97-87(71)55-79(60)95-81-54-63(93-75-35-21-17-31-65(75)70-49-59(39-45-78(70)93)57-27-14-11-15-28-57)41-43-73(81)91-72-42-40-62(92-74-34-20-16-30-64(74)69-48-58(38-44-77(69)92)56-25-12-10-13-26-56)53-80(72)94(82-51-61(90(3,4)5)52-83(95)89(82)91)76-46-47-86-88(67(76)29-9-7-2)68-33-19-23-37-85(68)96-86/h10-23,25-28,30-55H,6-9,24,29H2,1-5H3. The van der Waals surface area contributed by atoms with Crippen molar-refractivity contribution in [3.8, 4) is 33.6 Å². The number of nitrogens with zero attached hydrogens (tertiary/aromatic N) is 4. The second-order valence-electron chi connectivity index (χ2n) is 28.0. The number of aromatic nitrogens is 2. The molecular formula is C90H71BN4S2. The Morgan fingerprint density at radius 2 is 0.835 bits per heavy atom. The van der Waals surface area contributed by atoms with Gasteiger partial charge in [0.1, 0.15) is 0 Å². The van der Waals surface area contributed by atoms with Crippen LogP contribution in [0.25, 0.3) is 118 Å². The average Bonchev–Trinajstić information content (AvgIpc) is 1.01. The van der Waals surface area contributed by atoms with Gasteiger partial charge in [-0.25, -0.2) is 0 Å². The summed E-state index contributed by atoms with van der Waals surface area (Å²) < 4.78 is 10.4. The van der Waals surface area contributed by atoms with Crippen LogP contribution in [0, 0.1) is 0 Å². The van der Waals surface area contributed by atoms with E-state index in [2.05, 4.69) is 320 Å². The first-order chi connectivity index (χ1) is 47.7. The van der Waals surface area contributed by atoms with E-state index >= 15 is 0 Å². The minimum Gasteiger partial charge on any atom is -0.311 e. The lowest BCUT2D eigenvalue weighted by atomic mass is 9.33. The summed E-state index contributed by atoms with van der Waals surface area (Å²) in [6, 6.07) is 102. The Kier molecular flexibility index (Phi) is 13.5. The van der Waals surface area contributed by atoms with Gasteiger partial charge in [0.15, 0.2) is 0 Å². The molecular weight excluding hydrogens is 1210 g/mol. The molecule has 4 aromatic heterocycles. The maximum atomic E-state index is 2.76. The van der Waals surface area contributed by atoms with Crippen molar-refractivity contribution in [2.24, 2.45) is 0 Å². The van der Waals surface area contributed by atoms with Crippen LogP contribution >= 0.6 is 22.7 Å². The van der Waals surface area contributed by atoms with Gasteiger partial charge >= 0.3 is 0 Å². The Morgan fingerprint density at radius 3 is 1.41 bits per heavy atom. The third kappa shape index (κ3) is 9.08. The zero-order valence-corrected chi connectivity index (χ0v) is 57.0. The van der Waals surface area contributed by atoms with Crippen LogP contribution in [0.1, 0.15) is 77.0 Å². The van der Waals surface area contributed by atoms with Crippen LogP contribution in [0.4, 0.5) is 34.1 Å². The van der Waals surface area contributed by atoms with Crippen molar-refractivity contribution in [2.45, 2.75) is 78.6 Å². The van der Waals surface area contributed by atoms with Crippen LogP contribution in [0.15, 0.2) is 267 Å². The van der Waals surface area contributed by atoms with Crippen LogP contribution in [-0.2, 0) is 18.3 Å². The number of rotatable bonds is 12. The van der Waals surface area contributed by atoms with Crippen molar-refractivity contribution in [3.05, 3.63) is 284 Å². The van der Waals surface area contributed by atoms with Crippen molar-refractivity contribution in [3.63, 3.8) is 0 Å². The van der Waals surface area contributed by atoms with Crippen molar-refractivity contribution in [1.29, 1.82) is 0 Å². The normalized spacial score (nSPS) is 13.0. The number of para-hydroxylation sites is 2. The van der Waals surface area contributed by atoms with Gasteiger partial charge in [-0.1, -0.05) is 205 Å². The van der Waals surface area contributed by atoms with Gasteiger partial charge in [0, 0.05) is 102 Å². The summed E-state index contributed by atoms with van der Waals surface area (Å²) in [4.78, 5) is 5.51. The lowest BCUT2D eigenvalue weighted by Crippen LogP contribution is -2.61. The predicted molar refractivity (Wildman–Crippen MR) is 422 cm³/mol. The van der Waals surface area contributed by atoms with E-state index < -0.39 is 0 Å². The molecule has 17 aromatic rings. The van der Waals surface area contributed by atoms with E-state index in [1.807, 2.05) is 22.7 Å². The zero-order chi connectivity index (χ0) is 64.8. The summed E-state index contributed by atoms with van der Waals surface area (Å²) in [7, 11) is 0. The molecule has 7 heteroatoms. The summed E-state index contributed by atoms with van der Waals surface area (Å²) in [6.07, 6.45) is 6.27. The van der Waals surface area contributed by atoms with E-state index in [1.54, 1.807) is 0 Å². The second-order valence-corrected chi connectivity index (χ2v) is 30.2. The van der Waals surface area contributed by atoms with Gasteiger partial charge < -0.3 is 18.9 Å². The quantitative estimate of drug-likeness (QED) is 0.113. The predicted octanol–water partition coefficient (Wildman–Crippen LogP) is 24.0. The maximum absolute atomic E-state index is 2.76. The molecule has 0 fully saturated rings. The SMILES string of the molecule is CCCCc1cc2c(cc1N1c3cc(-n4c5ccccc5c5cc(-c6ccccc6)ccc54)ccc3B3c4ccc(-n5c6ccccc6c6cc(-c7ccccc7)ccc65)cc4N(c4ccc5sc6ccccc6c5c4CCCC)c4cc(C(C)(C)C)cc1c43)sc1ccccc12. The summed E-state index contributed by atoms with van der Waals surface area (Å²) in [5.74, 6) is 0. The summed E-state index contributed by atoms with van der Waals surface area (Å²) in [5.41, 5.74) is 27.2. The van der Waals surface area contributed by atoms with Crippen molar-refractivity contribution in [1.82, 2.24) is 9.13 Å². The molecule has 13 aromatic carbocycles. The van der Waals surface area contributed by atoms with E-state index in [9.17, 15) is 0 Å². The third-order valence-electron chi connectivity index (χ3n) is 21.2. The number of hydrogen-bond donors (Lipinski definition) is 0. The fourth-order valence-corrected chi connectivity index (χ4v) is 18.8. The van der Waals surface area contributed by atoms with Crippen molar-refractivity contribution < 1.29 is 0 Å². The Bertz CT molecular complexity index is 6060. The van der Waals surface area contributed by atoms with Gasteiger partial charge in [-0.2, -0.15) is 0 Å². The van der Waals surface area contributed by atoms with Crippen LogP contribution in [-0.4, -0.2) is 15.8 Å². The molecule has 0 atom stereocenters. The molecule has 19 rings (SSSR count). The van der Waals surface area contributed by atoms with Gasteiger partial charge in [0.2, 0.25) is 0 Å². The van der Waals surface area contributed by atoms with Gasteiger partial charge in [-0.15, -0.1) is 22.7 Å². The lowest BCUT2D eigenvalue weighted by Gasteiger charge is -2.46. The number of thiophene rings is 2. The van der Waals surface area contributed by atoms with Gasteiger partial charge in [0.05, 0.1) is 27.8 Å². The van der Waals surface area contributed by atoms with E-state index in [1.165, 1.54) is 173 Å². The third-order valence-corrected chi connectivity index (χ3v) is 23.5. The summed E-state index contributed by atoms with van der Waals surface area (Å²) in [5, 5.41) is 10.4. The van der Waals surface area contributed by atoms with Gasteiger partial charge in [-0.05, 0) is 196 Å². The number of unbranched alkanes of at least 4 members (excludes halogenated alkanes) is 2. The molecule has 0 spiro atoms. The highest BCUT2D eigenvalue weighted by atomic mass is 32.1. The molecule has 0 saturated carbocycles. The monoisotopic (exact) mass is 1280 g/mol. The lowest BCUT2D eigenvalue weighted by molar-refractivity contribution is 0.590. The molecule has 466 valence electrons. The molecule has 2 aliphatic rings. The van der Waals surface area contributed by atoms with Crippen molar-refractivity contribution >= 4 is 164 Å². The zero-order valence-electron chi connectivity index (χ0n) is 55.3. The van der Waals surface area contributed by atoms with E-state index in [0.29, 0.717) is 0 Å². The van der Waals surface area contributed by atoms with Crippen LogP contribution < -0.4 is 26.2 Å². The average molecular weight is 1280 g/mol. The first-order valence-corrected chi connectivity index (χ1v) is 36.4. The Hall–Kier alpha value is -10.4. The molecule has 4 nitrogen and oxygen atoms in total. The Labute approximate surface area is 574 Å². The highest BCUT2D eigenvalue weighted by Crippen LogP contribution is 2.52. The van der Waals surface area contributed by atoms with Crippen LogP contribution in [0.5, 0.6) is 0 Å². The first-order valence-electron chi connectivity index (χ1n) is 34.8. The minimum atomic E-state index is -0.231. The number of hydrogen-bond acceptors (Lipinski definition) is 4. The molecule has 0 bridgehead atoms. The fourth-order valence-electron chi connectivity index (χ4n) is 16.6. The molecule has 0 unspecified atom stereocenters. The fraction of sp³-hybridized carbons (Fsp3) is 0.133. The first kappa shape index (κ1) is 58.0. The maximum Gasteiger partial charge on any atom is 0.252 e. The van der Waals surface area contributed by atoms with E-state index in [0.717, 1.165) is 49.9 Å². The highest BCUT2D eigenvalue weighted by Gasteiger charge is 2.45. The van der Waals surface area contributed by atoms with Crippen LogP contribution in [0.2, 0.25) is 0 Å². The minimum absolute atomic E-state index is 0.130. The second kappa shape index (κ2) is 22.6. The number of benzene rings is 13. The number of aryl methyl sites for hydroxylation is 2. The van der Waals surface area contributed by atoms with E-state index in [-0.39, 0.29) is 12.1 Å². The molecule has 0 amide bonds. The molecule has 0 radical (unpaired) electrons. The molecule has 97 heavy (non-hydrogen) atoms. The molecule has 0 N–H and O–H groups in total. The molecule has 0 aliphatic carbocycles. The molecule has 2 aliphatic heterocycles. The smallest absolute Gasteiger partial charge is 0.252 e. The van der Waals surface area contributed by atoms with Gasteiger partial charge in [0.25, 0.3) is 6.71 Å². The highest BCUT2D eigenvalue weighted by molar-refractivity contribution is 7.26. The topological polar surface area (TPSA) is 16.3 Å². The van der Waals surface area contributed by atoms with E-state index in [4.69, 9.17) is 0 Å². The molecule has 6 heterocycles.